The van der Waals surface area contributed by atoms with Crippen LogP contribution >= 0.6 is 11.3 Å². The van der Waals surface area contributed by atoms with Crippen molar-refractivity contribution < 1.29 is 9.21 Å². The van der Waals surface area contributed by atoms with Crippen LogP contribution in [0, 0.1) is 0 Å². The van der Waals surface area contributed by atoms with Gasteiger partial charge in [-0.3, -0.25) is 14.7 Å². The first-order valence-corrected chi connectivity index (χ1v) is 9.64. The third kappa shape index (κ3) is 3.86. The summed E-state index contributed by atoms with van der Waals surface area (Å²) >= 11 is 1.59. The van der Waals surface area contributed by atoms with E-state index in [1.807, 2.05) is 30.3 Å². The Morgan fingerprint density at radius 3 is 2.96 bits per heavy atom. The average molecular weight is 367 g/mol. The van der Waals surface area contributed by atoms with Crippen molar-refractivity contribution in [3.8, 4) is 0 Å². The second-order valence-corrected chi connectivity index (χ2v) is 7.56. The van der Waals surface area contributed by atoms with Crippen molar-refractivity contribution in [1.29, 1.82) is 0 Å². The topological polar surface area (TPSA) is 58.4 Å². The molecule has 1 fully saturated rings. The number of aromatic nitrogens is 1. The Bertz CT molecular complexity index is 845. The van der Waals surface area contributed by atoms with Crippen LogP contribution in [0.5, 0.6) is 0 Å². The van der Waals surface area contributed by atoms with Gasteiger partial charge in [0.05, 0.1) is 17.7 Å². The summed E-state index contributed by atoms with van der Waals surface area (Å²) in [7, 11) is 0. The molecule has 6 heteroatoms. The van der Waals surface area contributed by atoms with Crippen LogP contribution in [0.4, 0.5) is 0 Å². The number of furan rings is 1. The van der Waals surface area contributed by atoms with Crippen LogP contribution in [-0.4, -0.2) is 22.3 Å². The smallest absolute Gasteiger partial charge is 0.261 e. The molecule has 3 aromatic heterocycles. The van der Waals surface area contributed by atoms with Crippen molar-refractivity contribution in [3.63, 3.8) is 0 Å². The number of carbonyl (C=O) groups is 1. The van der Waals surface area contributed by atoms with E-state index in [0.29, 0.717) is 12.6 Å². The molecule has 0 aromatic carbocycles. The highest BCUT2D eigenvalue weighted by atomic mass is 32.1. The van der Waals surface area contributed by atoms with Crippen LogP contribution < -0.4 is 5.32 Å². The Hall–Kier alpha value is -2.44. The molecule has 0 aliphatic carbocycles. The van der Waals surface area contributed by atoms with Gasteiger partial charge in [0.15, 0.2) is 0 Å². The van der Waals surface area contributed by atoms with Crippen molar-refractivity contribution in [1.82, 2.24) is 15.2 Å². The average Bonchev–Trinajstić information content (AvgIpc) is 3.42. The van der Waals surface area contributed by atoms with Gasteiger partial charge in [-0.25, -0.2) is 0 Å². The molecule has 1 N–H and O–H groups in total. The predicted molar refractivity (Wildman–Crippen MR) is 101 cm³/mol. The van der Waals surface area contributed by atoms with Gasteiger partial charge in [0.1, 0.15) is 5.76 Å². The number of nitrogens with zero attached hydrogens (tertiary/aromatic N) is 2. The Kier molecular flexibility index (Phi) is 5.13. The molecule has 1 saturated heterocycles. The lowest BCUT2D eigenvalue weighted by Crippen LogP contribution is -2.22. The maximum Gasteiger partial charge on any atom is 0.261 e. The van der Waals surface area contributed by atoms with Gasteiger partial charge < -0.3 is 9.73 Å². The monoisotopic (exact) mass is 367 g/mol. The maximum atomic E-state index is 12.4. The third-order valence-corrected chi connectivity index (χ3v) is 5.87. The Labute approximate surface area is 156 Å². The molecule has 1 unspecified atom stereocenters. The molecule has 3 aromatic rings. The van der Waals surface area contributed by atoms with Crippen LogP contribution in [-0.2, 0) is 13.1 Å². The van der Waals surface area contributed by atoms with Gasteiger partial charge in [-0.05, 0) is 61.3 Å². The lowest BCUT2D eigenvalue weighted by Gasteiger charge is -2.22. The van der Waals surface area contributed by atoms with Crippen molar-refractivity contribution in [3.05, 3.63) is 76.1 Å². The van der Waals surface area contributed by atoms with E-state index in [1.54, 1.807) is 30.0 Å². The second-order valence-electron chi connectivity index (χ2n) is 6.45. The summed E-state index contributed by atoms with van der Waals surface area (Å²) in [6, 6.07) is 12.2. The normalized spacial score (nSPS) is 17.5. The highest BCUT2D eigenvalue weighted by molar-refractivity contribution is 7.14. The highest BCUT2D eigenvalue weighted by Gasteiger charge is 2.28. The summed E-state index contributed by atoms with van der Waals surface area (Å²) < 4.78 is 5.49. The first-order chi connectivity index (χ1) is 12.8. The fraction of sp³-hybridized carbons (Fsp3) is 0.300. The van der Waals surface area contributed by atoms with Crippen molar-refractivity contribution in [2.75, 3.05) is 6.54 Å². The molecule has 134 valence electrons. The molecule has 4 rings (SSSR count). The number of rotatable bonds is 6. The van der Waals surface area contributed by atoms with E-state index in [0.717, 1.165) is 35.7 Å². The summed E-state index contributed by atoms with van der Waals surface area (Å²) in [4.78, 5) is 20.9. The molecule has 1 atom stereocenters. The molecule has 1 aliphatic rings. The zero-order valence-corrected chi connectivity index (χ0v) is 15.2. The third-order valence-electron chi connectivity index (χ3n) is 4.68. The minimum Gasteiger partial charge on any atom is -0.468 e. The van der Waals surface area contributed by atoms with Gasteiger partial charge in [0, 0.05) is 29.9 Å². The molecule has 0 spiro atoms. The molecule has 5 nitrogen and oxygen atoms in total. The minimum absolute atomic E-state index is 0.0198. The van der Waals surface area contributed by atoms with Crippen LogP contribution in [0.25, 0.3) is 0 Å². The lowest BCUT2D eigenvalue weighted by atomic mass is 10.2. The molecule has 1 amide bonds. The van der Waals surface area contributed by atoms with Crippen molar-refractivity contribution in [2.45, 2.75) is 32.0 Å². The van der Waals surface area contributed by atoms with Gasteiger partial charge in [-0.2, -0.15) is 0 Å². The van der Waals surface area contributed by atoms with E-state index < -0.39 is 0 Å². The number of likely N-dealkylation sites (tertiary alicyclic amines) is 1. The second kappa shape index (κ2) is 7.85. The number of thiophene rings is 1. The van der Waals surface area contributed by atoms with Crippen LogP contribution in [0.15, 0.2) is 59.5 Å². The maximum absolute atomic E-state index is 12.4. The summed E-state index contributed by atoms with van der Waals surface area (Å²) in [5, 5.41) is 2.98. The number of hydrogen-bond donors (Lipinski definition) is 1. The fourth-order valence-electron chi connectivity index (χ4n) is 3.36. The van der Waals surface area contributed by atoms with Gasteiger partial charge in [-0.15, -0.1) is 11.3 Å². The highest BCUT2D eigenvalue weighted by Crippen LogP contribution is 2.36. The van der Waals surface area contributed by atoms with E-state index in [4.69, 9.17) is 4.42 Å². The summed E-state index contributed by atoms with van der Waals surface area (Å²) in [5.74, 6) is 0.970. The van der Waals surface area contributed by atoms with Crippen LogP contribution in [0.2, 0.25) is 0 Å². The number of amides is 1. The standard InChI is InChI=1S/C20H21N3O2S/c24-20(22-13-15-7-9-21-10-8-15)19-6-5-18(26-19)17-4-1-11-23(17)14-16-3-2-12-25-16/h2-3,5-10,12,17H,1,4,11,13-14H2,(H,22,24). The first kappa shape index (κ1) is 17.0. The molecule has 4 heterocycles. The Balaban J connectivity index is 1.39. The zero-order chi connectivity index (χ0) is 17.8. The minimum atomic E-state index is -0.0198. The molecule has 26 heavy (non-hydrogen) atoms. The van der Waals surface area contributed by atoms with Crippen molar-refractivity contribution >= 4 is 17.2 Å². The summed E-state index contributed by atoms with van der Waals surface area (Å²) in [6.07, 6.45) is 7.49. The van der Waals surface area contributed by atoms with E-state index in [-0.39, 0.29) is 5.91 Å². The lowest BCUT2D eigenvalue weighted by molar-refractivity contribution is 0.0955. The molecular formula is C20H21N3O2S. The molecule has 0 radical (unpaired) electrons. The molecule has 0 saturated carbocycles. The van der Waals surface area contributed by atoms with Crippen molar-refractivity contribution in [2.24, 2.45) is 0 Å². The molecular weight excluding hydrogens is 346 g/mol. The van der Waals surface area contributed by atoms with Crippen LogP contribution in [0.1, 0.15) is 44.8 Å². The van der Waals surface area contributed by atoms with Crippen LogP contribution in [0.3, 0.4) is 0 Å². The van der Waals surface area contributed by atoms with Gasteiger partial charge in [-0.1, -0.05) is 0 Å². The molecule has 1 aliphatic heterocycles. The quantitative estimate of drug-likeness (QED) is 0.715. The van der Waals surface area contributed by atoms with E-state index >= 15 is 0 Å². The summed E-state index contributed by atoms with van der Waals surface area (Å²) in [5.41, 5.74) is 1.05. The summed E-state index contributed by atoms with van der Waals surface area (Å²) in [6.45, 7) is 2.40. The first-order valence-electron chi connectivity index (χ1n) is 8.83. The number of hydrogen-bond acceptors (Lipinski definition) is 5. The fourth-order valence-corrected chi connectivity index (χ4v) is 4.46. The van der Waals surface area contributed by atoms with E-state index in [1.165, 1.54) is 11.3 Å². The number of carbonyl (C=O) groups excluding carboxylic acids is 1. The van der Waals surface area contributed by atoms with E-state index in [9.17, 15) is 4.79 Å². The Morgan fingerprint density at radius 2 is 2.15 bits per heavy atom. The molecule has 0 bridgehead atoms. The predicted octanol–water partition coefficient (Wildman–Crippen LogP) is 4.00. The number of nitrogens with one attached hydrogen (secondary N) is 1. The van der Waals surface area contributed by atoms with E-state index in [2.05, 4.69) is 21.3 Å². The Morgan fingerprint density at radius 1 is 1.27 bits per heavy atom. The SMILES string of the molecule is O=C(NCc1ccncc1)c1ccc(C2CCCN2Cc2ccco2)s1. The zero-order valence-electron chi connectivity index (χ0n) is 14.4. The van der Waals surface area contributed by atoms with Gasteiger partial charge in [0.25, 0.3) is 5.91 Å². The van der Waals surface area contributed by atoms with Gasteiger partial charge >= 0.3 is 0 Å². The van der Waals surface area contributed by atoms with Gasteiger partial charge in [0.2, 0.25) is 0 Å². The number of pyridine rings is 1. The largest absolute Gasteiger partial charge is 0.468 e.